The Kier molecular flexibility index (Phi) is 7.23. The third-order valence-electron chi connectivity index (χ3n) is 7.91. The molecule has 2 aliphatic heterocycles. The monoisotopic (exact) mass is 575 g/mol. The van der Waals surface area contributed by atoms with Gasteiger partial charge in [0.15, 0.2) is 11.5 Å². The lowest BCUT2D eigenvalue weighted by atomic mass is 10.0. The second kappa shape index (κ2) is 11.2. The van der Waals surface area contributed by atoms with Crippen LogP contribution in [0.15, 0.2) is 85.2 Å². The average molecular weight is 576 g/mol. The lowest BCUT2D eigenvalue weighted by Crippen LogP contribution is -2.36. The predicted molar refractivity (Wildman–Crippen MR) is 159 cm³/mol. The standard InChI is InChI=1S/C34H29N3O6/c1-20(9-10-22-7-5-4-6-8-22)43-30-18-24(12-14-29(30)42-3)36-21(2)25-13-11-23(17-27(25)33(36)40)31(38)37-32(39)26-15-16-35-19-28(26)34(37)41/h4-8,11-21H,9-10H2,1-3H3. The minimum Gasteiger partial charge on any atom is -0.493 e. The summed E-state index contributed by atoms with van der Waals surface area (Å²) in [5.74, 6) is -1.47. The van der Waals surface area contributed by atoms with Crippen LogP contribution in [0.3, 0.4) is 0 Å². The van der Waals surface area contributed by atoms with E-state index in [1.165, 1.54) is 36.2 Å². The maximum absolute atomic E-state index is 13.7. The van der Waals surface area contributed by atoms with Crippen molar-refractivity contribution in [1.82, 2.24) is 9.88 Å². The van der Waals surface area contributed by atoms with Gasteiger partial charge in [-0.25, -0.2) is 4.90 Å². The SMILES string of the molecule is COc1ccc(N2C(=O)c3cc(C(=O)N4C(=O)c5ccncc5C4=O)ccc3C2C)cc1OC(C)CCc1ccccc1. The van der Waals surface area contributed by atoms with E-state index in [9.17, 15) is 19.2 Å². The fourth-order valence-electron chi connectivity index (χ4n) is 5.62. The molecule has 216 valence electrons. The number of rotatable bonds is 8. The van der Waals surface area contributed by atoms with Gasteiger partial charge in [0.2, 0.25) is 0 Å². The summed E-state index contributed by atoms with van der Waals surface area (Å²) in [6.07, 6.45) is 4.20. The zero-order chi connectivity index (χ0) is 30.2. The van der Waals surface area contributed by atoms with Crippen LogP contribution < -0.4 is 14.4 Å². The number of carbonyl (C=O) groups excluding carboxylic acids is 4. The van der Waals surface area contributed by atoms with E-state index < -0.39 is 17.7 Å². The van der Waals surface area contributed by atoms with Crippen molar-refractivity contribution in [2.24, 2.45) is 0 Å². The topological polar surface area (TPSA) is 106 Å². The number of amides is 4. The van der Waals surface area contributed by atoms with E-state index in [1.54, 1.807) is 36.3 Å². The van der Waals surface area contributed by atoms with Gasteiger partial charge >= 0.3 is 0 Å². The Bertz CT molecular complexity index is 1730. The van der Waals surface area contributed by atoms with Gasteiger partial charge in [-0.05, 0) is 68.1 Å². The van der Waals surface area contributed by atoms with E-state index in [1.807, 2.05) is 32.0 Å². The summed E-state index contributed by atoms with van der Waals surface area (Å²) in [6, 6.07) is 21.3. The molecule has 0 saturated carbocycles. The van der Waals surface area contributed by atoms with Crippen LogP contribution in [0.2, 0.25) is 0 Å². The smallest absolute Gasteiger partial charge is 0.270 e. The van der Waals surface area contributed by atoms with Crippen molar-refractivity contribution in [2.45, 2.75) is 38.8 Å². The third-order valence-corrected chi connectivity index (χ3v) is 7.91. The average Bonchev–Trinajstić information content (AvgIpc) is 3.43. The first kappa shape index (κ1) is 27.8. The number of pyridine rings is 1. The summed E-state index contributed by atoms with van der Waals surface area (Å²) in [5, 5.41) is 0. The molecule has 0 aliphatic carbocycles. The van der Waals surface area contributed by atoms with Crippen LogP contribution in [-0.4, -0.2) is 46.7 Å². The largest absolute Gasteiger partial charge is 0.493 e. The molecule has 4 aromatic rings. The Morgan fingerprint density at radius 3 is 2.40 bits per heavy atom. The van der Waals surface area contributed by atoms with Crippen LogP contribution in [0.5, 0.6) is 11.5 Å². The number of nitrogens with zero attached hydrogens (tertiary/aromatic N) is 3. The lowest BCUT2D eigenvalue weighted by molar-refractivity contribution is 0.0566. The Morgan fingerprint density at radius 1 is 0.884 bits per heavy atom. The highest BCUT2D eigenvalue weighted by molar-refractivity contribution is 6.31. The van der Waals surface area contributed by atoms with Gasteiger partial charge in [-0.1, -0.05) is 36.4 Å². The number of hydrogen-bond acceptors (Lipinski definition) is 7. The first-order valence-electron chi connectivity index (χ1n) is 14.0. The van der Waals surface area contributed by atoms with E-state index in [0.717, 1.165) is 18.4 Å². The normalized spacial score (nSPS) is 16.3. The molecule has 9 nitrogen and oxygen atoms in total. The van der Waals surface area contributed by atoms with Gasteiger partial charge in [0.25, 0.3) is 23.6 Å². The van der Waals surface area contributed by atoms with Crippen LogP contribution in [0.1, 0.15) is 78.9 Å². The molecular formula is C34H29N3O6. The Hall–Kier alpha value is -5.31. The molecule has 1 aromatic heterocycles. The molecule has 0 N–H and O–H groups in total. The molecule has 4 amide bonds. The number of aryl methyl sites for hydroxylation is 1. The summed E-state index contributed by atoms with van der Waals surface area (Å²) in [5.41, 5.74) is 3.15. The number of anilines is 1. The van der Waals surface area contributed by atoms with E-state index in [0.29, 0.717) is 27.6 Å². The Labute approximate surface area is 248 Å². The van der Waals surface area contributed by atoms with Crippen molar-refractivity contribution in [1.29, 1.82) is 0 Å². The summed E-state index contributed by atoms with van der Waals surface area (Å²) in [6.45, 7) is 3.90. The molecule has 0 radical (unpaired) electrons. The number of carbonyl (C=O) groups is 4. The first-order valence-corrected chi connectivity index (χ1v) is 14.0. The fraction of sp³-hybridized carbons (Fsp3) is 0.206. The third kappa shape index (κ3) is 4.92. The molecule has 0 bridgehead atoms. The maximum atomic E-state index is 13.7. The van der Waals surface area contributed by atoms with Crippen LogP contribution in [0.25, 0.3) is 0 Å². The molecule has 6 rings (SSSR count). The van der Waals surface area contributed by atoms with Gasteiger partial charge in [-0.15, -0.1) is 0 Å². The van der Waals surface area contributed by atoms with Crippen molar-refractivity contribution >= 4 is 29.3 Å². The predicted octanol–water partition coefficient (Wildman–Crippen LogP) is 5.65. The highest BCUT2D eigenvalue weighted by Gasteiger charge is 2.42. The highest BCUT2D eigenvalue weighted by Crippen LogP contribution is 2.41. The van der Waals surface area contributed by atoms with Gasteiger partial charge in [0.05, 0.1) is 30.4 Å². The first-order chi connectivity index (χ1) is 20.8. The van der Waals surface area contributed by atoms with E-state index in [-0.39, 0.29) is 34.7 Å². The molecule has 0 fully saturated rings. The van der Waals surface area contributed by atoms with Gasteiger partial charge < -0.3 is 14.4 Å². The Balaban J connectivity index is 1.23. The second-order valence-electron chi connectivity index (χ2n) is 10.6. The van der Waals surface area contributed by atoms with Crippen molar-refractivity contribution in [3.05, 3.63) is 119 Å². The minimum atomic E-state index is -0.794. The van der Waals surface area contributed by atoms with E-state index >= 15 is 0 Å². The zero-order valence-electron chi connectivity index (χ0n) is 23.9. The number of methoxy groups -OCH3 is 1. The highest BCUT2D eigenvalue weighted by atomic mass is 16.5. The lowest BCUT2D eigenvalue weighted by Gasteiger charge is -2.24. The fourth-order valence-corrected chi connectivity index (χ4v) is 5.62. The molecule has 0 spiro atoms. The zero-order valence-corrected chi connectivity index (χ0v) is 23.9. The van der Waals surface area contributed by atoms with Crippen molar-refractivity contribution in [2.75, 3.05) is 12.0 Å². The van der Waals surface area contributed by atoms with Crippen molar-refractivity contribution in [3.63, 3.8) is 0 Å². The number of aromatic nitrogens is 1. The molecule has 3 heterocycles. The van der Waals surface area contributed by atoms with Crippen LogP contribution in [0.4, 0.5) is 5.69 Å². The number of ether oxygens (including phenoxy) is 2. The summed E-state index contributed by atoms with van der Waals surface area (Å²) in [4.78, 5) is 58.9. The molecule has 2 aliphatic rings. The van der Waals surface area contributed by atoms with Gasteiger partial charge in [0, 0.05) is 35.3 Å². The van der Waals surface area contributed by atoms with Crippen LogP contribution in [0, 0.1) is 0 Å². The number of fused-ring (bicyclic) bond motifs is 2. The molecule has 2 unspecified atom stereocenters. The van der Waals surface area contributed by atoms with Crippen LogP contribution in [-0.2, 0) is 6.42 Å². The minimum absolute atomic E-state index is 0.0645. The van der Waals surface area contributed by atoms with Crippen molar-refractivity contribution in [3.8, 4) is 11.5 Å². The molecule has 3 aromatic carbocycles. The molecule has 0 saturated heterocycles. The summed E-state index contributed by atoms with van der Waals surface area (Å²) < 4.78 is 11.8. The van der Waals surface area contributed by atoms with Crippen LogP contribution >= 0.6 is 0 Å². The van der Waals surface area contributed by atoms with Crippen molar-refractivity contribution < 1.29 is 28.7 Å². The number of benzene rings is 3. The number of imide groups is 3. The molecule has 9 heteroatoms. The molecule has 43 heavy (non-hydrogen) atoms. The van der Waals surface area contributed by atoms with Gasteiger partial charge in [-0.3, -0.25) is 24.2 Å². The maximum Gasteiger partial charge on any atom is 0.270 e. The number of hydrogen-bond donors (Lipinski definition) is 0. The van der Waals surface area contributed by atoms with E-state index in [4.69, 9.17) is 9.47 Å². The quantitative estimate of drug-likeness (QED) is 0.250. The molecule has 2 atom stereocenters. The summed E-state index contributed by atoms with van der Waals surface area (Å²) in [7, 11) is 1.57. The Morgan fingerprint density at radius 2 is 1.65 bits per heavy atom. The van der Waals surface area contributed by atoms with Gasteiger partial charge in [0.1, 0.15) is 0 Å². The summed E-state index contributed by atoms with van der Waals surface area (Å²) >= 11 is 0. The molecular weight excluding hydrogens is 546 g/mol. The van der Waals surface area contributed by atoms with Gasteiger partial charge in [-0.2, -0.15) is 0 Å². The van der Waals surface area contributed by atoms with E-state index in [2.05, 4.69) is 17.1 Å². The second-order valence-corrected chi connectivity index (χ2v) is 10.6.